The smallest absolute Gasteiger partial charge is 0.223 e. The first-order valence-electron chi connectivity index (χ1n) is 11.0. The van der Waals surface area contributed by atoms with E-state index < -0.39 is 0 Å². The van der Waals surface area contributed by atoms with Crippen molar-refractivity contribution >= 4 is 5.91 Å². The van der Waals surface area contributed by atoms with Gasteiger partial charge in [-0.25, -0.2) is 0 Å². The van der Waals surface area contributed by atoms with Crippen LogP contribution >= 0.6 is 0 Å². The van der Waals surface area contributed by atoms with Gasteiger partial charge in [0.1, 0.15) is 6.10 Å². The van der Waals surface area contributed by atoms with Crippen LogP contribution in [0.4, 0.5) is 0 Å². The van der Waals surface area contributed by atoms with Crippen molar-refractivity contribution in [2.75, 3.05) is 6.61 Å². The number of piperidine rings is 1. The highest BCUT2D eigenvalue weighted by atomic mass is 16.5. The molecule has 0 bridgehead atoms. The molecule has 3 atom stereocenters. The highest BCUT2D eigenvalue weighted by molar-refractivity contribution is 5.78. The lowest BCUT2D eigenvalue weighted by molar-refractivity contribution is -0.152. The summed E-state index contributed by atoms with van der Waals surface area (Å²) in [6.45, 7) is 1.71. The third-order valence-electron chi connectivity index (χ3n) is 5.50. The van der Waals surface area contributed by atoms with Gasteiger partial charge in [0.05, 0.1) is 45.0 Å². The minimum Gasteiger partial charge on any atom is -0.375 e. The van der Waals surface area contributed by atoms with Crippen LogP contribution in [0.5, 0.6) is 0 Å². The molecule has 0 saturated carbocycles. The number of rotatable bonds is 10. The molecule has 3 aromatic rings. The second-order valence-electron chi connectivity index (χ2n) is 7.98. The van der Waals surface area contributed by atoms with Crippen molar-refractivity contribution in [1.82, 2.24) is 5.32 Å². The molecule has 1 aliphatic heterocycles. The van der Waals surface area contributed by atoms with E-state index in [1.54, 1.807) is 0 Å². The fourth-order valence-electron chi connectivity index (χ4n) is 3.84. The van der Waals surface area contributed by atoms with E-state index in [1.165, 1.54) is 0 Å². The summed E-state index contributed by atoms with van der Waals surface area (Å²) in [5.74, 6) is -0.0454. The molecule has 1 saturated heterocycles. The van der Waals surface area contributed by atoms with Gasteiger partial charge in [-0.1, -0.05) is 91.0 Å². The SMILES string of the molecule is O=C1C[C@H](OCc2ccccc2)[C@H](OCc2ccccc2)[C@H](COCc2ccccc2)N1. The molecule has 32 heavy (non-hydrogen) atoms. The third-order valence-corrected chi connectivity index (χ3v) is 5.50. The molecular formula is C27H29NO4. The highest BCUT2D eigenvalue weighted by Gasteiger charge is 2.38. The summed E-state index contributed by atoms with van der Waals surface area (Å²) in [5, 5.41) is 3.05. The standard InChI is InChI=1S/C27H29NO4/c29-26-16-25(31-18-22-12-6-2-7-13-22)27(32-19-23-14-8-3-9-15-23)24(28-26)20-30-17-21-10-4-1-5-11-21/h1-15,24-25,27H,16-20H2,(H,28,29)/t24-,25-,27+/m0/s1. The predicted octanol–water partition coefficient (Wildman–Crippen LogP) is 4.26. The number of hydrogen-bond donors (Lipinski definition) is 1. The summed E-state index contributed by atoms with van der Waals surface area (Å²) in [6, 6.07) is 29.7. The van der Waals surface area contributed by atoms with Crippen LogP contribution in [-0.2, 0) is 38.8 Å². The molecule has 0 unspecified atom stereocenters. The molecule has 3 aromatic carbocycles. The second-order valence-corrected chi connectivity index (χ2v) is 7.98. The average molecular weight is 432 g/mol. The molecule has 5 nitrogen and oxygen atoms in total. The predicted molar refractivity (Wildman–Crippen MR) is 123 cm³/mol. The lowest BCUT2D eigenvalue weighted by Crippen LogP contribution is -2.58. The Morgan fingerprint density at radius 2 is 1.19 bits per heavy atom. The number of amides is 1. The lowest BCUT2D eigenvalue weighted by atomic mass is 9.97. The van der Waals surface area contributed by atoms with Crippen molar-refractivity contribution in [2.24, 2.45) is 0 Å². The van der Waals surface area contributed by atoms with Crippen molar-refractivity contribution in [3.63, 3.8) is 0 Å². The van der Waals surface area contributed by atoms with E-state index in [0.29, 0.717) is 26.4 Å². The van der Waals surface area contributed by atoms with Crippen LogP contribution in [0.3, 0.4) is 0 Å². The Morgan fingerprint density at radius 3 is 1.75 bits per heavy atom. The fourth-order valence-corrected chi connectivity index (χ4v) is 3.84. The quantitative estimate of drug-likeness (QED) is 0.521. The second kappa shape index (κ2) is 11.6. The maximum Gasteiger partial charge on any atom is 0.223 e. The van der Waals surface area contributed by atoms with E-state index in [4.69, 9.17) is 14.2 Å². The van der Waals surface area contributed by atoms with Gasteiger partial charge in [-0.3, -0.25) is 4.79 Å². The number of carbonyl (C=O) groups is 1. The Labute approximate surface area is 189 Å². The zero-order valence-electron chi connectivity index (χ0n) is 18.1. The number of benzene rings is 3. The van der Waals surface area contributed by atoms with Gasteiger partial charge in [-0.2, -0.15) is 0 Å². The number of hydrogen-bond acceptors (Lipinski definition) is 4. The Hall–Kier alpha value is -2.99. The highest BCUT2D eigenvalue weighted by Crippen LogP contribution is 2.22. The largest absolute Gasteiger partial charge is 0.375 e. The van der Waals surface area contributed by atoms with Crippen LogP contribution in [0.2, 0.25) is 0 Å². The summed E-state index contributed by atoms with van der Waals surface area (Å²) < 4.78 is 18.5. The maximum absolute atomic E-state index is 12.4. The first-order valence-corrected chi connectivity index (χ1v) is 11.0. The summed E-state index contributed by atoms with van der Waals surface area (Å²) in [5.41, 5.74) is 3.24. The Bertz CT molecular complexity index is 949. The summed E-state index contributed by atoms with van der Waals surface area (Å²) >= 11 is 0. The van der Waals surface area contributed by atoms with Crippen molar-refractivity contribution in [1.29, 1.82) is 0 Å². The Kier molecular flexibility index (Phi) is 8.04. The van der Waals surface area contributed by atoms with Gasteiger partial charge in [0.2, 0.25) is 5.91 Å². The molecule has 1 amide bonds. The first-order chi connectivity index (χ1) is 15.8. The molecule has 0 aromatic heterocycles. The van der Waals surface area contributed by atoms with Crippen LogP contribution in [0.25, 0.3) is 0 Å². The minimum absolute atomic E-state index is 0.0454. The van der Waals surface area contributed by atoms with E-state index >= 15 is 0 Å². The average Bonchev–Trinajstić information content (AvgIpc) is 2.84. The van der Waals surface area contributed by atoms with Gasteiger partial charge in [0.15, 0.2) is 0 Å². The Morgan fingerprint density at radius 1 is 0.688 bits per heavy atom. The van der Waals surface area contributed by atoms with Gasteiger partial charge >= 0.3 is 0 Å². The van der Waals surface area contributed by atoms with Gasteiger partial charge in [0.25, 0.3) is 0 Å². The molecule has 0 spiro atoms. The van der Waals surface area contributed by atoms with Gasteiger partial charge in [-0.05, 0) is 16.7 Å². The topological polar surface area (TPSA) is 56.8 Å². The van der Waals surface area contributed by atoms with Gasteiger partial charge in [0, 0.05) is 0 Å². The van der Waals surface area contributed by atoms with Crippen molar-refractivity contribution in [2.45, 2.75) is 44.5 Å². The third kappa shape index (κ3) is 6.50. The lowest BCUT2D eigenvalue weighted by Gasteiger charge is -2.38. The summed E-state index contributed by atoms with van der Waals surface area (Å²) in [6.07, 6.45) is -0.396. The molecular weight excluding hydrogens is 402 g/mol. The van der Waals surface area contributed by atoms with Crippen LogP contribution in [0.1, 0.15) is 23.1 Å². The fraction of sp³-hybridized carbons (Fsp3) is 0.296. The molecule has 166 valence electrons. The number of carbonyl (C=O) groups excluding carboxylic acids is 1. The van der Waals surface area contributed by atoms with Crippen LogP contribution in [0.15, 0.2) is 91.0 Å². The summed E-state index contributed by atoms with van der Waals surface area (Å²) in [7, 11) is 0. The molecule has 0 radical (unpaired) electrons. The maximum atomic E-state index is 12.4. The van der Waals surface area contributed by atoms with Crippen LogP contribution in [0, 0.1) is 0 Å². The van der Waals surface area contributed by atoms with Crippen molar-refractivity contribution in [3.8, 4) is 0 Å². The van der Waals surface area contributed by atoms with E-state index in [0.717, 1.165) is 16.7 Å². The molecule has 1 fully saturated rings. The molecule has 1 aliphatic rings. The molecule has 5 heteroatoms. The van der Waals surface area contributed by atoms with Gasteiger partial charge < -0.3 is 19.5 Å². The molecule has 1 N–H and O–H groups in total. The van der Waals surface area contributed by atoms with E-state index in [9.17, 15) is 4.79 Å². The monoisotopic (exact) mass is 431 g/mol. The summed E-state index contributed by atoms with van der Waals surface area (Å²) in [4.78, 5) is 12.4. The van der Waals surface area contributed by atoms with Gasteiger partial charge in [-0.15, -0.1) is 0 Å². The Balaban J connectivity index is 1.42. The van der Waals surface area contributed by atoms with Crippen LogP contribution < -0.4 is 5.32 Å². The number of nitrogens with one attached hydrogen (secondary N) is 1. The van der Waals surface area contributed by atoms with E-state index in [-0.39, 0.29) is 30.6 Å². The van der Waals surface area contributed by atoms with Crippen molar-refractivity contribution < 1.29 is 19.0 Å². The van der Waals surface area contributed by atoms with E-state index in [1.807, 2.05) is 91.0 Å². The van der Waals surface area contributed by atoms with E-state index in [2.05, 4.69) is 5.32 Å². The van der Waals surface area contributed by atoms with Crippen LogP contribution in [-0.4, -0.2) is 30.8 Å². The normalized spacial score (nSPS) is 20.6. The zero-order chi connectivity index (χ0) is 22.0. The number of ether oxygens (including phenoxy) is 3. The molecule has 4 rings (SSSR count). The minimum atomic E-state index is -0.349. The first kappa shape index (κ1) is 22.2. The van der Waals surface area contributed by atoms with Crippen molar-refractivity contribution in [3.05, 3.63) is 108 Å². The molecule has 1 heterocycles. The molecule has 0 aliphatic carbocycles. The zero-order valence-corrected chi connectivity index (χ0v) is 18.1.